The van der Waals surface area contributed by atoms with E-state index in [-0.39, 0.29) is 0 Å². The Balaban J connectivity index is 1.75. The highest BCUT2D eigenvalue weighted by Gasteiger charge is 2.30. The largest absolute Gasteiger partial charge is 0.381 e. The normalized spacial score (nSPS) is 43.6. The maximum absolute atomic E-state index is 5.51. The minimum Gasteiger partial charge on any atom is -0.381 e. The van der Waals surface area contributed by atoms with E-state index in [1.54, 1.807) is 0 Å². The monoisotopic (exact) mass is 238 g/mol. The molecule has 17 heavy (non-hydrogen) atoms. The Hall–Kier alpha value is -0.0400. The SMILES string of the molecule is COC1CCC(CC2CCC(C)CC2)C(C)C1. The first kappa shape index (κ1) is 13.4. The first-order chi connectivity index (χ1) is 8.19. The summed E-state index contributed by atoms with van der Waals surface area (Å²) >= 11 is 0. The van der Waals surface area contributed by atoms with Crippen molar-refractivity contribution in [1.82, 2.24) is 0 Å². The standard InChI is InChI=1S/C16H30O/c1-12-4-6-14(7-5-12)11-15-8-9-16(17-3)10-13(15)2/h12-16H,4-11H2,1-3H3. The second kappa shape index (κ2) is 6.22. The molecular weight excluding hydrogens is 208 g/mol. The van der Waals surface area contributed by atoms with E-state index < -0.39 is 0 Å². The third-order valence-electron chi connectivity index (χ3n) is 5.40. The van der Waals surface area contributed by atoms with Gasteiger partial charge in [-0.3, -0.25) is 0 Å². The summed E-state index contributed by atoms with van der Waals surface area (Å²) in [5.74, 6) is 3.90. The van der Waals surface area contributed by atoms with Crippen molar-refractivity contribution < 1.29 is 4.74 Å². The Morgan fingerprint density at radius 2 is 1.65 bits per heavy atom. The van der Waals surface area contributed by atoms with Crippen molar-refractivity contribution >= 4 is 0 Å². The topological polar surface area (TPSA) is 9.23 Å². The molecule has 1 heteroatoms. The lowest BCUT2D eigenvalue weighted by molar-refractivity contribution is 0.0257. The molecule has 0 aliphatic heterocycles. The zero-order chi connectivity index (χ0) is 12.3. The van der Waals surface area contributed by atoms with Gasteiger partial charge in [-0.1, -0.05) is 39.5 Å². The van der Waals surface area contributed by atoms with Crippen molar-refractivity contribution in [2.45, 2.75) is 71.3 Å². The molecule has 0 saturated heterocycles. The highest BCUT2D eigenvalue weighted by molar-refractivity contribution is 4.81. The third-order valence-corrected chi connectivity index (χ3v) is 5.40. The Morgan fingerprint density at radius 1 is 0.941 bits per heavy atom. The van der Waals surface area contributed by atoms with Crippen LogP contribution in [0.2, 0.25) is 0 Å². The predicted molar refractivity (Wildman–Crippen MR) is 73.0 cm³/mol. The summed E-state index contributed by atoms with van der Waals surface area (Å²) in [4.78, 5) is 0. The molecular formula is C16H30O. The smallest absolute Gasteiger partial charge is 0.0574 e. The van der Waals surface area contributed by atoms with Crippen molar-refractivity contribution in [1.29, 1.82) is 0 Å². The van der Waals surface area contributed by atoms with Crippen LogP contribution in [-0.2, 0) is 4.74 Å². The molecule has 1 nitrogen and oxygen atoms in total. The maximum Gasteiger partial charge on any atom is 0.0574 e. The Morgan fingerprint density at radius 3 is 2.24 bits per heavy atom. The minimum absolute atomic E-state index is 0.549. The van der Waals surface area contributed by atoms with Gasteiger partial charge >= 0.3 is 0 Å². The van der Waals surface area contributed by atoms with Crippen LogP contribution in [0.5, 0.6) is 0 Å². The van der Waals surface area contributed by atoms with Crippen molar-refractivity contribution in [2.24, 2.45) is 23.7 Å². The summed E-state index contributed by atoms with van der Waals surface area (Å²) in [6.07, 6.45) is 12.0. The zero-order valence-electron chi connectivity index (χ0n) is 12.0. The molecule has 3 unspecified atom stereocenters. The van der Waals surface area contributed by atoms with Crippen LogP contribution in [-0.4, -0.2) is 13.2 Å². The van der Waals surface area contributed by atoms with E-state index in [4.69, 9.17) is 4.74 Å². The number of ether oxygens (including phenoxy) is 1. The van der Waals surface area contributed by atoms with Crippen LogP contribution in [0.3, 0.4) is 0 Å². The van der Waals surface area contributed by atoms with Crippen molar-refractivity contribution in [3.63, 3.8) is 0 Å². The van der Waals surface area contributed by atoms with Gasteiger partial charge in [-0.25, -0.2) is 0 Å². The molecule has 0 heterocycles. The van der Waals surface area contributed by atoms with Crippen molar-refractivity contribution in [3.05, 3.63) is 0 Å². The molecule has 0 N–H and O–H groups in total. The number of methoxy groups -OCH3 is 1. The molecule has 0 aromatic rings. The fourth-order valence-electron chi connectivity index (χ4n) is 3.97. The molecule has 2 saturated carbocycles. The number of rotatable bonds is 3. The average Bonchev–Trinajstić information content (AvgIpc) is 2.34. The summed E-state index contributed by atoms with van der Waals surface area (Å²) in [7, 11) is 1.88. The van der Waals surface area contributed by atoms with Crippen LogP contribution >= 0.6 is 0 Å². The summed E-state index contributed by atoms with van der Waals surface area (Å²) < 4.78 is 5.51. The van der Waals surface area contributed by atoms with E-state index >= 15 is 0 Å². The molecule has 0 radical (unpaired) electrons. The highest BCUT2D eigenvalue weighted by Crippen LogP contribution is 2.39. The molecule has 0 spiro atoms. The van der Waals surface area contributed by atoms with Crippen LogP contribution in [0.25, 0.3) is 0 Å². The number of hydrogen-bond donors (Lipinski definition) is 0. The lowest BCUT2D eigenvalue weighted by atomic mass is 9.71. The van der Waals surface area contributed by atoms with E-state index in [9.17, 15) is 0 Å². The first-order valence-electron chi connectivity index (χ1n) is 7.71. The van der Waals surface area contributed by atoms with E-state index in [2.05, 4.69) is 13.8 Å². The Kier molecular flexibility index (Phi) is 4.90. The van der Waals surface area contributed by atoms with Crippen LogP contribution in [0.15, 0.2) is 0 Å². The summed E-state index contributed by atoms with van der Waals surface area (Å²) in [5, 5.41) is 0. The molecule has 2 rings (SSSR count). The van der Waals surface area contributed by atoms with Gasteiger partial charge in [0.2, 0.25) is 0 Å². The summed E-state index contributed by atoms with van der Waals surface area (Å²) in [6.45, 7) is 4.87. The van der Waals surface area contributed by atoms with Gasteiger partial charge in [-0.2, -0.15) is 0 Å². The van der Waals surface area contributed by atoms with Gasteiger partial charge in [-0.05, 0) is 49.4 Å². The molecule has 2 aliphatic rings. The molecule has 2 aliphatic carbocycles. The van der Waals surface area contributed by atoms with Gasteiger partial charge in [-0.15, -0.1) is 0 Å². The van der Waals surface area contributed by atoms with E-state index in [1.165, 1.54) is 51.4 Å². The van der Waals surface area contributed by atoms with E-state index in [0.717, 1.165) is 23.7 Å². The molecule has 100 valence electrons. The Labute approximate surface area is 107 Å². The molecule has 2 fully saturated rings. The lowest BCUT2D eigenvalue weighted by Gasteiger charge is -2.37. The molecule has 0 aromatic carbocycles. The van der Waals surface area contributed by atoms with Gasteiger partial charge in [0.1, 0.15) is 0 Å². The second-order valence-corrected chi connectivity index (χ2v) is 6.77. The average molecular weight is 238 g/mol. The molecule has 0 amide bonds. The zero-order valence-corrected chi connectivity index (χ0v) is 12.0. The van der Waals surface area contributed by atoms with Gasteiger partial charge in [0.25, 0.3) is 0 Å². The van der Waals surface area contributed by atoms with E-state index in [0.29, 0.717) is 6.10 Å². The Bertz CT molecular complexity index is 218. The maximum atomic E-state index is 5.51. The van der Waals surface area contributed by atoms with Gasteiger partial charge in [0.15, 0.2) is 0 Å². The van der Waals surface area contributed by atoms with Crippen LogP contribution < -0.4 is 0 Å². The minimum atomic E-state index is 0.549. The van der Waals surface area contributed by atoms with Crippen LogP contribution in [0.4, 0.5) is 0 Å². The van der Waals surface area contributed by atoms with Crippen molar-refractivity contribution in [3.8, 4) is 0 Å². The van der Waals surface area contributed by atoms with Crippen LogP contribution in [0.1, 0.15) is 65.2 Å². The van der Waals surface area contributed by atoms with Gasteiger partial charge in [0, 0.05) is 7.11 Å². The number of hydrogen-bond acceptors (Lipinski definition) is 1. The van der Waals surface area contributed by atoms with Gasteiger partial charge in [0.05, 0.1) is 6.10 Å². The second-order valence-electron chi connectivity index (χ2n) is 6.77. The third kappa shape index (κ3) is 3.71. The molecule has 0 bridgehead atoms. The molecule has 3 atom stereocenters. The van der Waals surface area contributed by atoms with Gasteiger partial charge < -0.3 is 4.74 Å². The van der Waals surface area contributed by atoms with Crippen molar-refractivity contribution in [2.75, 3.05) is 7.11 Å². The fourth-order valence-corrected chi connectivity index (χ4v) is 3.97. The van der Waals surface area contributed by atoms with Crippen LogP contribution in [0, 0.1) is 23.7 Å². The summed E-state index contributed by atoms with van der Waals surface area (Å²) in [5.41, 5.74) is 0. The summed E-state index contributed by atoms with van der Waals surface area (Å²) in [6, 6.07) is 0. The fraction of sp³-hybridized carbons (Fsp3) is 1.00. The predicted octanol–water partition coefficient (Wildman–Crippen LogP) is 4.65. The molecule has 0 aromatic heterocycles. The quantitative estimate of drug-likeness (QED) is 0.695. The highest BCUT2D eigenvalue weighted by atomic mass is 16.5. The van der Waals surface area contributed by atoms with E-state index in [1.807, 2.05) is 7.11 Å². The lowest BCUT2D eigenvalue weighted by Crippen LogP contribution is -2.29. The first-order valence-corrected chi connectivity index (χ1v) is 7.71.